The van der Waals surface area contributed by atoms with Gasteiger partial charge < -0.3 is 13.7 Å². The van der Waals surface area contributed by atoms with Crippen molar-refractivity contribution in [3.8, 4) is 22.3 Å². The van der Waals surface area contributed by atoms with Crippen molar-refractivity contribution in [3.63, 3.8) is 0 Å². The number of nitrogens with zero attached hydrogens (tertiary/aromatic N) is 1. The van der Waals surface area contributed by atoms with E-state index in [2.05, 4.69) is 193 Å². The molecule has 3 heteroatoms. The van der Waals surface area contributed by atoms with Crippen LogP contribution in [0.3, 0.4) is 0 Å². The molecule has 266 valence electrons. The van der Waals surface area contributed by atoms with Gasteiger partial charge in [0.15, 0.2) is 11.2 Å². The highest BCUT2D eigenvalue weighted by molar-refractivity contribution is 6.25. The van der Waals surface area contributed by atoms with Crippen molar-refractivity contribution in [2.45, 2.75) is 0 Å². The van der Waals surface area contributed by atoms with Crippen LogP contribution in [0, 0.1) is 0 Å². The summed E-state index contributed by atoms with van der Waals surface area (Å²) in [6.45, 7) is 0. The van der Waals surface area contributed by atoms with Crippen molar-refractivity contribution in [3.05, 3.63) is 200 Å². The van der Waals surface area contributed by atoms with Gasteiger partial charge in [-0.25, -0.2) is 0 Å². The molecule has 0 saturated heterocycles. The fourth-order valence-electron chi connectivity index (χ4n) is 9.04. The maximum absolute atomic E-state index is 7.35. The summed E-state index contributed by atoms with van der Waals surface area (Å²) in [4.78, 5) is 2.30. The SMILES string of the molecule is c1ccc(-c2ccc(N(c3cccc4c3oc3ccccc34)c3cccc4c3oc3c(-c5cc6ccccc6c6ccccc56)c5ccccc5cc34)cc2)cc1. The molecule has 0 amide bonds. The molecule has 0 aliphatic heterocycles. The minimum atomic E-state index is 0.814. The second-order valence-corrected chi connectivity index (χ2v) is 14.8. The van der Waals surface area contributed by atoms with Crippen LogP contribution in [0.4, 0.5) is 17.1 Å². The van der Waals surface area contributed by atoms with E-state index in [9.17, 15) is 0 Å². The van der Waals surface area contributed by atoms with Gasteiger partial charge in [0, 0.05) is 32.8 Å². The molecule has 12 rings (SSSR count). The third-order valence-corrected chi connectivity index (χ3v) is 11.6. The molecule has 2 aromatic heterocycles. The van der Waals surface area contributed by atoms with Crippen LogP contribution in [-0.2, 0) is 0 Å². The van der Waals surface area contributed by atoms with E-state index in [1.54, 1.807) is 0 Å². The van der Waals surface area contributed by atoms with E-state index in [1.807, 2.05) is 12.1 Å². The van der Waals surface area contributed by atoms with Crippen molar-refractivity contribution >= 4 is 93.3 Å². The average molecular weight is 728 g/mol. The van der Waals surface area contributed by atoms with Crippen LogP contribution in [-0.4, -0.2) is 0 Å². The predicted octanol–water partition coefficient (Wildman–Crippen LogP) is 15.7. The van der Waals surface area contributed by atoms with Gasteiger partial charge in [0.25, 0.3) is 0 Å². The molecule has 0 N–H and O–H groups in total. The molecule has 12 aromatic rings. The van der Waals surface area contributed by atoms with Crippen molar-refractivity contribution in [1.82, 2.24) is 0 Å². The van der Waals surface area contributed by atoms with Crippen molar-refractivity contribution in [2.24, 2.45) is 0 Å². The van der Waals surface area contributed by atoms with E-state index in [-0.39, 0.29) is 0 Å². The number of hydrogen-bond donors (Lipinski definition) is 0. The molecule has 57 heavy (non-hydrogen) atoms. The Bertz CT molecular complexity index is 3520. The smallest absolute Gasteiger partial charge is 0.159 e. The number of benzene rings is 10. The summed E-state index contributed by atoms with van der Waals surface area (Å²) in [5.41, 5.74) is 10.8. The lowest BCUT2D eigenvalue weighted by Crippen LogP contribution is -2.10. The van der Waals surface area contributed by atoms with Crippen LogP contribution >= 0.6 is 0 Å². The van der Waals surface area contributed by atoms with E-state index in [1.165, 1.54) is 32.5 Å². The van der Waals surface area contributed by atoms with Gasteiger partial charge in [-0.2, -0.15) is 0 Å². The Kier molecular flexibility index (Phi) is 6.93. The van der Waals surface area contributed by atoms with E-state index >= 15 is 0 Å². The lowest BCUT2D eigenvalue weighted by atomic mass is 9.89. The Morgan fingerprint density at radius 2 is 0.860 bits per heavy atom. The lowest BCUT2D eigenvalue weighted by Gasteiger charge is -2.25. The Hall–Kier alpha value is -7.62. The Morgan fingerprint density at radius 3 is 1.61 bits per heavy atom. The number of para-hydroxylation sites is 3. The minimum absolute atomic E-state index is 0.814. The van der Waals surface area contributed by atoms with E-state index in [0.717, 1.165) is 83.0 Å². The molecular weight excluding hydrogens is 695 g/mol. The highest BCUT2D eigenvalue weighted by Gasteiger charge is 2.25. The Balaban J connectivity index is 1.17. The minimum Gasteiger partial charge on any atom is -0.454 e. The van der Waals surface area contributed by atoms with Gasteiger partial charge in [0.1, 0.15) is 11.2 Å². The zero-order chi connectivity index (χ0) is 37.5. The standard InChI is InChI=1S/C54H33NO2/c1-2-14-34(15-3-1)35-28-30-38(31-29-35)55(48-25-12-23-44-43-22-10-11-27-50(43)56-52(44)48)49-26-13-24-45-47-33-37-17-5-7-19-40(37)51(54(47)57-53(45)49)46-32-36-16-4-6-18-39(36)41-20-8-9-21-42(41)46/h1-33H. The molecule has 0 bridgehead atoms. The summed E-state index contributed by atoms with van der Waals surface area (Å²) in [5.74, 6) is 0. The predicted molar refractivity (Wildman–Crippen MR) is 239 cm³/mol. The number of furan rings is 2. The first-order valence-corrected chi connectivity index (χ1v) is 19.4. The Labute approximate surface area is 328 Å². The fourth-order valence-corrected chi connectivity index (χ4v) is 9.04. The maximum atomic E-state index is 7.35. The topological polar surface area (TPSA) is 29.5 Å². The fraction of sp³-hybridized carbons (Fsp3) is 0. The summed E-state index contributed by atoms with van der Waals surface area (Å²) in [6.07, 6.45) is 0. The molecule has 0 radical (unpaired) electrons. The zero-order valence-corrected chi connectivity index (χ0v) is 30.8. The molecule has 0 aliphatic rings. The van der Waals surface area contributed by atoms with Gasteiger partial charge in [-0.05, 0) is 91.5 Å². The van der Waals surface area contributed by atoms with Crippen LogP contribution in [0.1, 0.15) is 0 Å². The summed E-state index contributed by atoms with van der Waals surface area (Å²) < 4.78 is 14.1. The highest BCUT2D eigenvalue weighted by Crippen LogP contribution is 2.49. The largest absolute Gasteiger partial charge is 0.454 e. The highest BCUT2D eigenvalue weighted by atomic mass is 16.3. The maximum Gasteiger partial charge on any atom is 0.159 e. The van der Waals surface area contributed by atoms with E-state index in [4.69, 9.17) is 8.83 Å². The van der Waals surface area contributed by atoms with Gasteiger partial charge in [-0.3, -0.25) is 0 Å². The number of fused-ring (bicyclic) bond motifs is 10. The first-order valence-electron chi connectivity index (χ1n) is 19.4. The van der Waals surface area contributed by atoms with Crippen LogP contribution in [0.5, 0.6) is 0 Å². The third-order valence-electron chi connectivity index (χ3n) is 11.6. The van der Waals surface area contributed by atoms with Crippen molar-refractivity contribution in [2.75, 3.05) is 4.90 Å². The normalized spacial score (nSPS) is 11.9. The molecule has 0 unspecified atom stereocenters. The summed E-state index contributed by atoms with van der Waals surface area (Å²) in [7, 11) is 0. The van der Waals surface area contributed by atoms with Crippen LogP contribution in [0.2, 0.25) is 0 Å². The second-order valence-electron chi connectivity index (χ2n) is 14.8. The first-order chi connectivity index (χ1) is 28.3. The van der Waals surface area contributed by atoms with Crippen molar-refractivity contribution in [1.29, 1.82) is 0 Å². The quantitative estimate of drug-likeness (QED) is 0.165. The number of hydrogen-bond acceptors (Lipinski definition) is 3. The third kappa shape index (κ3) is 4.86. The van der Waals surface area contributed by atoms with Gasteiger partial charge in [0.05, 0.1) is 11.4 Å². The van der Waals surface area contributed by atoms with Gasteiger partial charge in [-0.1, -0.05) is 158 Å². The van der Waals surface area contributed by atoms with E-state index < -0.39 is 0 Å². The van der Waals surface area contributed by atoms with Crippen LogP contribution in [0.15, 0.2) is 209 Å². The number of rotatable bonds is 5. The second kappa shape index (κ2) is 12.5. The van der Waals surface area contributed by atoms with Gasteiger partial charge in [-0.15, -0.1) is 0 Å². The lowest BCUT2D eigenvalue weighted by molar-refractivity contribution is 0.667. The monoisotopic (exact) mass is 727 g/mol. The summed E-state index contributed by atoms with van der Waals surface area (Å²) in [5, 5.41) is 11.5. The molecule has 2 heterocycles. The summed E-state index contributed by atoms with van der Waals surface area (Å²) >= 11 is 0. The van der Waals surface area contributed by atoms with Crippen LogP contribution < -0.4 is 4.90 Å². The molecule has 10 aromatic carbocycles. The number of anilines is 3. The van der Waals surface area contributed by atoms with Crippen LogP contribution in [0.25, 0.3) is 98.4 Å². The average Bonchev–Trinajstić information content (AvgIpc) is 3.85. The molecule has 3 nitrogen and oxygen atoms in total. The molecule has 0 spiro atoms. The van der Waals surface area contributed by atoms with E-state index in [0.29, 0.717) is 0 Å². The molecular formula is C54H33NO2. The molecule has 0 aliphatic carbocycles. The van der Waals surface area contributed by atoms with Gasteiger partial charge in [0.2, 0.25) is 0 Å². The molecule has 0 saturated carbocycles. The van der Waals surface area contributed by atoms with Gasteiger partial charge >= 0.3 is 0 Å². The van der Waals surface area contributed by atoms with Crippen molar-refractivity contribution < 1.29 is 8.83 Å². The summed E-state index contributed by atoms with van der Waals surface area (Å²) in [6, 6.07) is 71.3. The Morgan fingerprint density at radius 1 is 0.316 bits per heavy atom. The first kappa shape index (κ1) is 31.7. The molecule has 0 fully saturated rings. The molecule has 0 atom stereocenters. The zero-order valence-electron chi connectivity index (χ0n) is 30.8.